The Labute approximate surface area is 88.3 Å². The summed E-state index contributed by atoms with van der Waals surface area (Å²) in [6.45, 7) is 3.29. The Morgan fingerprint density at radius 1 is 1.71 bits per heavy atom. The molecule has 0 saturated carbocycles. The first kappa shape index (κ1) is 9.98. The third kappa shape index (κ3) is 2.72. The van der Waals surface area contributed by atoms with Crippen LogP contribution in [0, 0.1) is 0 Å². The molecule has 1 aliphatic heterocycles. The Morgan fingerprint density at radius 2 is 2.64 bits per heavy atom. The Kier molecular flexibility index (Phi) is 3.42. The van der Waals surface area contributed by atoms with Gasteiger partial charge in [0.05, 0.1) is 0 Å². The van der Waals surface area contributed by atoms with Crippen LogP contribution in [0.2, 0.25) is 0 Å². The van der Waals surface area contributed by atoms with Crippen molar-refractivity contribution >= 4 is 11.8 Å². The fraction of sp³-hybridized carbons (Fsp3) is 0.778. The second-order valence-corrected chi connectivity index (χ2v) is 5.18. The zero-order valence-electron chi connectivity index (χ0n) is 8.36. The zero-order chi connectivity index (χ0) is 9.80. The van der Waals surface area contributed by atoms with E-state index in [0.29, 0.717) is 6.04 Å². The highest BCUT2D eigenvalue weighted by atomic mass is 32.2. The van der Waals surface area contributed by atoms with Crippen molar-refractivity contribution in [3.05, 3.63) is 12.2 Å². The van der Waals surface area contributed by atoms with Crippen LogP contribution in [0.5, 0.6) is 0 Å². The molecule has 2 atom stereocenters. The van der Waals surface area contributed by atoms with Crippen LogP contribution in [-0.4, -0.2) is 38.8 Å². The van der Waals surface area contributed by atoms with Crippen molar-refractivity contribution in [3.63, 3.8) is 0 Å². The fourth-order valence-corrected chi connectivity index (χ4v) is 2.89. The highest BCUT2D eigenvalue weighted by Gasteiger charge is 2.20. The van der Waals surface area contributed by atoms with Gasteiger partial charge in [0.1, 0.15) is 12.2 Å². The predicted octanol–water partition coefficient (Wildman–Crippen LogP) is 0.831. The molecule has 4 nitrogen and oxygen atoms in total. The van der Waals surface area contributed by atoms with Crippen LogP contribution in [0.3, 0.4) is 0 Å². The molecule has 2 heterocycles. The summed E-state index contributed by atoms with van der Waals surface area (Å²) in [5, 5.41) is 11.0. The first-order valence-corrected chi connectivity index (χ1v) is 6.08. The molecule has 0 aromatic carbocycles. The van der Waals surface area contributed by atoms with Crippen molar-refractivity contribution in [2.75, 3.05) is 12.3 Å². The van der Waals surface area contributed by atoms with Crippen LogP contribution >= 0.6 is 11.8 Å². The molecule has 1 aromatic heterocycles. The molecule has 0 aliphatic carbocycles. The highest BCUT2D eigenvalue weighted by Crippen LogP contribution is 2.25. The molecule has 1 saturated heterocycles. The summed E-state index contributed by atoms with van der Waals surface area (Å²) in [5.74, 6) is 2.22. The lowest BCUT2D eigenvalue weighted by molar-refractivity contribution is 0.537. The largest absolute Gasteiger partial charge is 0.313 e. The molecule has 0 spiro atoms. The smallest absolute Gasteiger partial charge is 0.137 e. The van der Waals surface area contributed by atoms with Gasteiger partial charge in [-0.25, -0.2) is 4.98 Å². The lowest BCUT2D eigenvalue weighted by Gasteiger charge is -2.09. The van der Waals surface area contributed by atoms with E-state index in [4.69, 9.17) is 0 Å². The molecular formula is C9H16N4S. The second-order valence-electron chi connectivity index (χ2n) is 3.71. The molecule has 1 aliphatic rings. The molecule has 0 bridgehead atoms. The number of rotatable bonds is 4. The molecule has 78 valence electrons. The maximum Gasteiger partial charge on any atom is 0.137 e. The number of nitrogens with zero attached hydrogens (tertiary/aromatic N) is 2. The summed E-state index contributed by atoms with van der Waals surface area (Å²) >= 11 is 2.05. The lowest BCUT2D eigenvalue weighted by atomic mass is 10.2. The molecular weight excluding hydrogens is 196 g/mol. The Morgan fingerprint density at radius 3 is 3.29 bits per heavy atom. The van der Waals surface area contributed by atoms with Gasteiger partial charge in [0.2, 0.25) is 0 Å². The Hall–Kier alpha value is -0.550. The Balaban J connectivity index is 1.64. The highest BCUT2D eigenvalue weighted by molar-refractivity contribution is 8.00. The first-order valence-electron chi connectivity index (χ1n) is 5.04. The van der Waals surface area contributed by atoms with Crippen molar-refractivity contribution in [2.24, 2.45) is 0 Å². The summed E-state index contributed by atoms with van der Waals surface area (Å²) in [6, 6.07) is 0.693. The molecule has 14 heavy (non-hydrogen) atoms. The molecule has 1 fully saturated rings. The van der Waals surface area contributed by atoms with Crippen LogP contribution in [0.15, 0.2) is 6.33 Å². The van der Waals surface area contributed by atoms with Crippen LogP contribution < -0.4 is 5.32 Å². The quantitative estimate of drug-likeness (QED) is 0.776. The van der Waals surface area contributed by atoms with E-state index < -0.39 is 0 Å². The van der Waals surface area contributed by atoms with Crippen LogP contribution in [0.4, 0.5) is 0 Å². The molecule has 2 rings (SSSR count). The SMILES string of the molecule is CC1CC(NCCc2ncn[nH]2)CS1. The van der Waals surface area contributed by atoms with E-state index in [1.807, 2.05) is 0 Å². The summed E-state index contributed by atoms with van der Waals surface area (Å²) < 4.78 is 0. The lowest BCUT2D eigenvalue weighted by Crippen LogP contribution is -2.31. The van der Waals surface area contributed by atoms with Gasteiger partial charge in [0.25, 0.3) is 0 Å². The summed E-state index contributed by atoms with van der Waals surface area (Å²) in [7, 11) is 0. The average Bonchev–Trinajstić information content (AvgIpc) is 2.77. The molecule has 5 heteroatoms. The first-order chi connectivity index (χ1) is 6.84. The summed E-state index contributed by atoms with van der Waals surface area (Å²) in [4.78, 5) is 4.08. The van der Waals surface area contributed by atoms with Crippen molar-refractivity contribution in [3.8, 4) is 0 Å². The number of hydrogen-bond acceptors (Lipinski definition) is 4. The van der Waals surface area contributed by atoms with Gasteiger partial charge in [-0.15, -0.1) is 0 Å². The van der Waals surface area contributed by atoms with E-state index in [-0.39, 0.29) is 0 Å². The minimum atomic E-state index is 0.693. The molecule has 0 radical (unpaired) electrons. The van der Waals surface area contributed by atoms with E-state index >= 15 is 0 Å². The van der Waals surface area contributed by atoms with E-state index in [1.54, 1.807) is 6.33 Å². The maximum atomic E-state index is 4.08. The third-order valence-corrected chi connectivity index (χ3v) is 3.81. The monoisotopic (exact) mass is 212 g/mol. The van der Waals surface area contributed by atoms with E-state index in [2.05, 4.69) is 39.2 Å². The van der Waals surface area contributed by atoms with Gasteiger partial charge in [-0.05, 0) is 6.42 Å². The normalized spacial score (nSPS) is 26.9. The average molecular weight is 212 g/mol. The number of aromatic nitrogens is 3. The minimum absolute atomic E-state index is 0.693. The van der Waals surface area contributed by atoms with Crippen molar-refractivity contribution < 1.29 is 0 Å². The van der Waals surface area contributed by atoms with Crippen molar-refractivity contribution in [2.45, 2.75) is 31.1 Å². The van der Waals surface area contributed by atoms with Gasteiger partial charge in [0.15, 0.2) is 0 Å². The summed E-state index contributed by atoms with van der Waals surface area (Å²) in [6.07, 6.45) is 3.79. The second kappa shape index (κ2) is 4.79. The number of hydrogen-bond donors (Lipinski definition) is 2. The molecule has 2 unspecified atom stereocenters. The topological polar surface area (TPSA) is 53.6 Å². The van der Waals surface area contributed by atoms with E-state index in [9.17, 15) is 0 Å². The van der Waals surface area contributed by atoms with Crippen LogP contribution in [0.1, 0.15) is 19.2 Å². The van der Waals surface area contributed by atoms with Gasteiger partial charge in [0, 0.05) is 30.0 Å². The molecule has 0 amide bonds. The van der Waals surface area contributed by atoms with Gasteiger partial charge >= 0.3 is 0 Å². The van der Waals surface area contributed by atoms with Gasteiger partial charge in [-0.3, -0.25) is 5.10 Å². The maximum absolute atomic E-state index is 4.08. The standard InChI is InChI=1S/C9H16N4S/c1-7-4-8(5-14-7)10-3-2-9-11-6-12-13-9/h6-8,10H,2-5H2,1H3,(H,11,12,13). The van der Waals surface area contributed by atoms with E-state index in [0.717, 1.165) is 24.0 Å². The zero-order valence-corrected chi connectivity index (χ0v) is 9.18. The van der Waals surface area contributed by atoms with Crippen LogP contribution in [-0.2, 0) is 6.42 Å². The predicted molar refractivity (Wildman–Crippen MR) is 58.4 cm³/mol. The van der Waals surface area contributed by atoms with Crippen LogP contribution in [0.25, 0.3) is 0 Å². The Bertz CT molecular complexity index is 262. The number of H-pyrrole nitrogens is 1. The summed E-state index contributed by atoms with van der Waals surface area (Å²) in [5.41, 5.74) is 0. The van der Waals surface area contributed by atoms with E-state index in [1.165, 1.54) is 12.2 Å². The van der Waals surface area contributed by atoms with Crippen molar-refractivity contribution in [1.82, 2.24) is 20.5 Å². The molecule has 2 N–H and O–H groups in total. The van der Waals surface area contributed by atoms with Gasteiger partial charge in [-0.1, -0.05) is 6.92 Å². The number of nitrogens with one attached hydrogen (secondary N) is 2. The number of thioether (sulfide) groups is 1. The van der Waals surface area contributed by atoms with Gasteiger partial charge < -0.3 is 5.32 Å². The number of aromatic amines is 1. The minimum Gasteiger partial charge on any atom is -0.313 e. The third-order valence-electron chi connectivity index (χ3n) is 2.46. The molecule has 1 aromatic rings. The van der Waals surface area contributed by atoms with Crippen molar-refractivity contribution in [1.29, 1.82) is 0 Å². The van der Waals surface area contributed by atoms with Gasteiger partial charge in [-0.2, -0.15) is 16.9 Å². The fourth-order valence-electron chi connectivity index (χ4n) is 1.71.